The van der Waals surface area contributed by atoms with Crippen LogP contribution in [0.2, 0.25) is 0 Å². The van der Waals surface area contributed by atoms with E-state index >= 15 is 0 Å². The average molecular weight is 390 g/mol. The van der Waals surface area contributed by atoms with Gasteiger partial charge in [-0.15, -0.1) is 0 Å². The minimum Gasteiger partial charge on any atom is -0.357 e. The molecule has 3 heterocycles. The molecule has 2 aliphatic rings. The van der Waals surface area contributed by atoms with E-state index in [0.717, 1.165) is 56.0 Å². The molecule has 0 radical (unpaired) electrons. The standard InChI is InChI=1S/C21H39N7/c1-5-22-21(23-12-9-17-10-13-27(6-2)14-11-17)24-18-7-8-19-25-20(16(3)4)26-28(19)15-18/h16-18H,5-15H2,1-4H3,(H2,22,23,24). The molecule has 0 aromatic carbocycles. The summed E-state index contributed by atoms with van der Waals surface area (Å²) in [5.74, 6) is 4.25. The van der Waals surface area contributed by atoms with Crippen molar-refractivity contribution in [1.29, 1.82) is 0 Å². The number of fused-ring (bicyclic) bond motifs is 1. The predicted octanol–water partition coefficient (Wildman–Crippen LogP) is 2.39. The van der Waals surface area contributed by atoms with E-state index in [9.17, 15) is 0 Å². The number of aromatic nitrogens is 3. The highest BCUT2D eigenvalue weighted by Gasteiger charge is 2.23. The van der Waals surface area contributed by atoms with Crippen molar-refractivity contribution in [1.82, 2.24) is 30.3 Å². The van der Waals surface area contributed by atoms with Crippen LogP contribution in [0.3, 0.4) is 0 Å². The van der Waals surface area contributed by atoms with Gasteiger partial charge in [0.25, 0.3) is 0 Å². The Morgan fingerprint density at radius 2 is 2.00 bits per heavy atom. The third-order valence-electron chi connectivity index (χ3n) is 6.04. The van der Waals surface area contributed by atoms with E-state index in [0.29, 0.717) is 12.0 Å². The fraction of sp³-hybridized carbons (Fsp3) is 0.857. The number of nitrogens with one attached hydrogen (secondary N) is 2. The highest BCUT2D eigenvalue weighted by Crippen LogP contribution is 2.20. The SMILES string of the molecule is CCNC(=NCCC1CCN(CC)CC1)NC1CCc2nc(C(C)C)nn2C1. The molecule has 0 amide bonds. The molecule has 0 aliphatic carbocycles. The summed E-state index contributed by atoms with van der Waals surface area (Å²) >= 11 is 0. The summed E-state index contributed by atoms with van der Waals surface area (Å²) < 4.78 is 2.08. The van der Waals surface area contributed by atoms with Gasteiger partial charge in [-0.05, 0) is 58.2 Å². The lowest BCUT2D eigenvalue weighted by atomic mass is 9.94. The molecule has 2 aliphatic heterocycles. The van der Waals surface area contributed by atoms with Gasteiger partial charge in [-0.1, -0.05) is 20.8 Å². The number of guanidine groups is 1. The van der Waals surface area contributed by atoms with Crippen LogP contribution >= 0.6 is 0 Å². The molecule has 1 fully saturated rings. The van der Waals surface area contributed by atoms with E-state index in [1.807, 2.05) is 0 Å². The van der Waals surface area contributed by atoms with E-state index in [-0.39, 0.29) is 0 Å². The second-order valence-corrected chi connectivity index (χ2v) is 8.53. The quantitative estimate of drug-likeness (QED) is 0.553. The molecule has 0 spiro atoms. The van der Waals surface area contributed by atoms with Crippen molar-refractivity contribution in [3.05, 3.63) is 11.6 Å². The Kier molecular flexibility index (Phi) is 7.71. The van der Waals surface area contributed by atoms with Crippen molar-refractivity contribution < 1.29 is 0 Å². The van der Waals surface area contributed by atoms with Crippen LogP contribution in [0, 0.1) is 5.92 Å². The van der Waals surface area contributed by atoms with Crippen molar-refractivity contribution in [2.24, 2.45) is 10.9 Å². The highest BCUT2D eigenvalue weighted by atomic mass is 15.4. The van der Waals surface area contributed by atoms with Gasteiger partial charge in [0.15, 0.2) is 11.8 Å². The maximum Gasteiger partial charge on any atom is 0.191 e. The van der Waals surface area contributed by atoms with E-state index in [4.69, 9.17) is 10.1 Å². The van der Waals surface area contributed by atoms with Gasteiger partial charge in [-0.3, -0.25) is 4.99 Å². The van der Waals surface area contributed by atoms with Crippen LogP contribution in [0.25, 0.3) is 0 Å². The van der Waals surface area contributed by atoms with Gasteiger partial charge in [0.2, 0.25) is 0 Å². The lowest BCUT2D eigenvalue weighted by Gasteiger charge is -2.30. The maximum absolute atomic E-state index is 4.87. The zero-order chi connectivity index (χ0) is 19.9. The third kappa shape index (κ3) is 5.69. The molecule has 28 heavy (non-hydrogen) atoms. The first-order valence-electron chi connectivity index (χ1n) is 11.3. The smallest absolute Gasteiger partial charge is 0.191 e. The fourth-order valence-corrected chi connectivity index (χ4v) is 4.15. The van der Waals surface area contributed by atoms with Crippen molar-refractivity contribution in [2.75, 3.05) is 32.7 Å². The minimum absolute atomic E-state index is 0.361. The molecule has 1 aromatic rings. The Hall–Kier alpha value is -1.63. The summed E-state index contributed by atoms with van der Waals surface area (Å²) in [5.41, 5.74) is 0. The van der Waals surface area contributed by atoms with Gasteiger partial charge in [0.1, 0.15) is 5.82 Å². The van der Waals surface area contributed by atoms with Gasteiger partial charge >= 0.3 is 0 Å². The number of aliphatic imine (C=N–C) groups is 1. The number of aryl methyl sites for hydroxylation is 1. The third-order valence-corrected chi connectivity index (χ3v) is 6.04. The molecule has 3 rings (SSSR count). The fourth-order valence-electron chi connectivity index (χ4n) is 4.15. The van der Waals surface area contributed by atoms with Crippen LogP contribution < -0.4 is 10.6 Å². The molecule has 158 valence electrons. The Balaban J connectivity index is 1.49. The van der Waals surface area contributed by atoms with Gasteiger partial charge in [0, 0.05) is 31.5 Å². The molecule has 1 atom stereocenters. The minimum atomic E-state index is 0.361. The van der Waals surface area contributed by atoms with E-state index < -0.39 is 0 Å². The Morgan fingerprint density at radius 1 is 1.21 bits per heavy atom. The van der Waals surface area contributed by atoms with E-state index in [1.165, 1.54) is 38.9 Å². The molecular weight excluding hydrogens is 350 g/mol. The number of piperidine rings is 1. The second kappa shape index (κ2) is 10.2. The number of nitrogens with zero attached hydrogens (tertiary/aromatic N) is 5. The Labute approximate surface area is 170 Å². The predicted molar refractivity (Wildman–Crippen MR) is 115 cm³/mol. The lowest BCUT2D eigenvalue weighted by molar-refractivity contribution is 0.188. The summed E-state index contributed by atoms with van der Waals surface area (Å²) in [7, 11) is 0. The maximum atomic E-state index is 4.87. The second-order valence-electron chi connectivity index (χ2n) is 8.53. The monoisotopic (exact) mass is 389 g/mol. The molecule has 7 heteroatoms. The molecule has 2 N–H and O–H groups in total. The first-order valence-corrected chi connectivity index (χ1v) is 11.3. The zero-order valence-corrected chi connectivity index (χ0v) is 18.2. The average Bonchev–Trinajstić information content (AvgIpc) is 3.12. The Morgan fingerprint density at radius 3 is 2.68 bits per heavy atom. The van der Waals surface area contributed by atoms with Crippen LogP contribution in [-0.2, 0) is 13.0 Å². The first kappa shape index (κ1) is 21.1. The summed E-state index contributed by atoms with van der Waals surface area (Å²) in [5, 5.41) is 11.7. The van der Waals surface area contributed by atoms with Crippen LogP contribution in [0.4, 0.5) is 0 Å². The molecule has 1 unspecified atom stereocenters. The number of hydrogen-bond acceptors (Lipinski definition) is 4. The largest absolute Gasteiger partial charge is 0.357 e. The van der Waals surface area contributed by atoms with Crippen molar-refractivity contribution in [3.63, 3.8) is 0 Å². The molecule has 1 saturated heterocycles. The Bertz CT molecular complexity index is 629. The van der Waals surface area contributed by atoms with Crippen LogP contribution in [0.5, 0.6) is 0 Å². The molecular formula is C21H39N7. The first-order chi connectivity index (χ1) is 13.6. The summed E-state index contributed by atoms with van der Waals surface area (Å²) in [4.78, 5) is 12.1. The van der Waals surface area contributed by atoms with E-state index in [1.54, 1.807) is 0 Å². The zero-order valence-electron chi connectivity index (χ0n) is 18.2. The van der Waals surface area contributed by atoms with Gasteiger partial charge in [0.05, 0.1) is 6.54 Å². The highest BCUT2D eigenvalue weighted by molar-refractivity contribution is 5.80. The number of rotatable bonds is 7. The van der Waals surface area contributed by atoms with Gasteiger partial charge in [-0.2, -0.15) is 5.10 Å². The molecule has 0 bridgehead atoms. The van der Waals surface area contributed by atoms with Crippen LogP contribution in [0.1, 0.15) is 70.9 Å². The summed E-state index contributed by atoms with van der Waals surface area (Å²) in [6.45, 7) is 15.1. The molecule has 1 aromatic heterocycles. The lowest BCUT2D eigenvalue weighted by Crippen LogP contribution is -2.47. The molecule has 7 nitrogen and oxygen atoms in total. The van der Waals surface area contributed by atoms with Crippen molar-refractivity contribution in [2.45, 2.75) is 78.3 Å². The van der Waals surface area contributed by atoms with Crippen molar-refractivity contribution >= 4 is 5.96 Å². The van der Waals surface area contributed by atoms with Gasteiger partial charge < -0.3 is 15.5 Å². The summed E-state index contributed by atoms with van der Waals surface area (Å²) in [6, 6.07) is 0.361. The molecule has 0 saturated carbocycles. The normalized spacial score (nSPS) is 21.8. The number of hydrogen-bond donors (Lipinski definition) is 2. The van der Waals surface area contributed by atoms with Gasteiger partial charge in [-0.25, -0.2) is 9.67 Å². The van der Waals surface area contributed by atoms with Crippen molar-refractivity contribution in [3.8, 4) is 0 Å². The van der Waals surface area contributed by atoms with E-state index in [2.05, 4.69) is 52.9 Å². The summed E-state index contributed by atoms with van der Waals surface area (Å²) in [6.07, 6.45) is 5.90. The van der Waals surface area contributed by atoms with Crippen LogP contribution in [0.15, 0.2) is 4.99 Å². The number of likely N-dealkylation sites (tertiary alicyclic amines) is 1. The topological polar surface area (TPSA) is 70.4 Å². The van der Waals surface area contributed by atoms with Crippen LogP contribution in [-0.4, -0.2) is 64.4 Å².